The standard InChI is InChI=1S/C18H27NO/c1-18(20)16-11-7-6-10-15(16)12-17(18)19-13-14-8-4-2-3-5-9-14/h6-7,10-11,14,17,19-20H,2-5,8-9,12-13H2,1H3/t17-,18?/m0/s1. The maximum Gasteiger partial charge on any atom is 0.103 e. The summed E-state index contributed by atoms with van der Waals surface area (Å²) >= 11 is 0. The molecule has 0 radical (unpaired) electrons. The molecule has 1 aromatic rings. The van der Waals surface area contributed by atoms with Crippen molar-refractivity contribution in [1.29, 1.82) is 0 Å². The van der Waals surface area contributed by atoms with Crippen molar-refractivity contribution in [2.45, 2.75) is 63.5 Å². The van der Waals surface area contributed by atoms with Gasteiger partial charge in [0, 0.05) is 6.04 Å². The third kappa shape index (κ3) is 2.77. The fraction of sp³-hybridized carbons (Fsp3) is 0.667. The van der Waals surface area contributed by atoms with E-state index in [0.717, 1.165) is 24.4 Å². The Hall–Kier alpha value is -0.860. The first-order chi connectivity index (χ1) is 9.68. The van der Waals surface area contributed by atoms with Gasteiger partial charge in [0.1, 0.15) is 5.60 Å². The molecule has 1 aromatic carbocycles. The van der Waals surface area contributed by atoms with E-state index in [0.29, 0.717) is 0 Å². The lowest BCUT2D eigenvalue weighted by Crippen LogP contribution is -2.45. The van der Waals surface area contributed by atoms with Crippen molar-refractivity contribution in [3.63, 3.8) is 0 Å². The molecule has 2 nitrogen and oxygen atoms in total. The maximum absolute atomic E-state index is 10.8. The van der Waals surface area contributed by atoms with E-state index in [1.165, 1.54) is 44.1 Å². The number of benzene rings is 1. The van der Waals surface area contributed by atoms with Crippen LogP contribution in [0.3, 0.4) is 0 Å². The number of fused-ring (bicyclic) bond motifs is 1. The quantitative estimate of drug-likeness (QED) is 0.828. The molecular formula is C18H27NO. The van der Waals surface area contributed by atoms with Crippen molar-refractivity contribution in [1.82, 2.24) is 5.32 Å². The zero-order valence-electron chi connectivity index (χ0n) is 12.6. The van der Waals surface area contributed by atoms with E-state index in [2.05, 4.69) is 23.5 Å². The first-order valence-electron chi connectivity index (χ1n) is 8.22. The van der Waals surface area contributed by atoms with Gasteiger partial charge in [0.25, 0.3) is 0 Å². The van der Waals surface area contributed by atoms with E-state index >= 15 is 0 Å². The molecule has 0 amide bonds. The fourth-order valence-electron chi connectivity index (χ4n) is 3.95. The Morgan fingerprint density at radius 3 is 2.55 bits per heavy atom. The van der Waals surface area contributed by atoms with E-state index in [9.17, 15) is 5.11 Å². The van der Waals surface area contributed by atoms with Crippen LogP contribution in [-0.2, 0) is 12.0 Å². The van der Waals surface area contributed by atoms with Crippen LogP contribution in [0.25, 0.3) is 0 Å². The first-order valence-corrected chi connectivity index (χ1v) is 8.22. The first kappa shape index (κ1) is 14.1. The molecule has 110 valence electrons. The maximum atomic E-state index is 10.8. The van der Waals surface area contributed by atoms with Crippen molar-refractivity contribution in [2.24, 2.45) is 5.92 Å². The minimum Gasteiger partial charge on any atom is -0.384 e. The van der Waals surface area contributed by atoms with Crippen molar-refractivity contribution < 1.29 is 5.11 Å². The van der Waals surface area contributed by atoms with Crippen LogP contribution in [0.1, 0.15) is 56.6 Å². The molecule has 2 aliphatic carbocycles. The summed E-state index contributed by atoms with van der Waals surface area (Å²) in [6.45, 7) is 3.03. The van der Waals surface area contributed by atoms with E-state index in [-0.39, 0.29) is 6.04 Å². The predicted molar refractivity (Wildman–Crippen MR) is 82.7 cm³/mol. The van der Waals surface area contributed by atoms with Crippen LogP contribution >= 0.6 is 0 Å². The predicted octanol–water partition coefficient (Wildman–Crippen LogP) is 3.38. The molecule has 2 heteroatoms. The Balaban J connectivity index is 1.61. The minimum atomic E-state index is -0.721. The van der Waals surface area contributed by atoms with Gasteiger partial charge in [-0.2, -0.15) is 0 Å². The number of rotatable bonds is 3. The van der Waals surface area contributed by atoms with Crippen LogP contribution in [0, 0.1) is 5.92 Å². The van der Waals surface area contributed by atoms with Gasteiger partial charge in [-0.05, 0) is 49.8 Å². The third-order valence-electron chi connectivity index (χ3n) is 5.29. The molecule has 3 rings (SSSR count). The van der Waals surface area contributed by atoms with Gasteiger partial charge in [-0.25, -0.2) is 0 Å². The van der Waals surface area contributed by atoms with Gasteiger partial charge in [-0.15, -0.1) is 0 Å². The molecule has 0 aromatic heterocycles. The van der Waals surface area contributed by atoms with Gasteiger partial charge in [0.2, 0.25) is 0 Å². The molecule has 20 heavy (non-hydrogen) atoms. The smallest absolute Gasteiger partial charge is 0.103 e. The second-order valence-electron chi connectivity index (χ2n) is 6.83. The van der Waals surface area contributed by atoms with Crippen LogP contribution in [0.15, 0.2) is 24.3 Å². The third-order valence-corrected chi connectivity index (χ3v) is 5.29. The molecular weight excluding hydrogens is 246 g/mol. The SMILES string of the molecule is CC1(O)c2ccccc2C[C@@H]1NCC1CCCCCC1. The highest BCUT2D eigenvalue weighted by molar-refractivity contribution is 5.39. The highest BCUT2D eigenvalue weighted by Gasteiger charge is 2.41. The van der Waals surface area contributed by atoms with Gasteiger partial charge in [0.05, 0.1) is 0 Å². The summed E-state index contributed by atoms with van der Waals surface area (Å²) in [6.07, 6.45) is 9.24. The van der Waals surface area contributed by atoms with Gasteiger partial charge in [0.15, 0.2) is 0 Å². The minimum absolute atomic E-state index is 0.170. The van der Waals surface area contributed by atoms with Gasteiger partial charge < -0.3 is 10.4 Å². The lowest BCUT2D eigenvalue weighted by molar-refractivity contribution is 0.0260. The summed E-state index contributed by atoms with van der Waals surface area (Å²) in [4.78, 5) is 0. The van der Waals surface area contributed by atoms with Crippen LogP contribution in [0.5, 0.6) is 0 Å². The van der Waals surface area contributed by atoms with Crippen molar-refractivity contribution in [3.05, 3.63) is 35.4 Å². The van der Waals surface area contributed by atoms with Crippen molar-refractivity contribution in [2.75, 3.05) is 6.54 Å². The highest BCUT2D eigenvalue weighted by Crippen LogP contribution is 2.36. The van der Waals surface area contributed by atoms with Gasteiger partial charge in [-0.3, -0.25) is 0 Å². The molecule has 1 unspecified atom stereocenters. The largest absolute Gasteiger partial charge is 0.384 e. The summed E-state index contributed by atoms with van der Waals surface area (Å²) in [5, 5.41) is 14.5. The highest BCUT2D eigenvalue weighted by atomic mass is 16.3. The summed E-state index contributed by atoms with van der Waals surface area (Å²) in [7, 11) is 0. The molecule has 2 aliphatic rings. The van der Waals surface area contributed by atoms with E-state index in [1.54, 1.807) is 0 Å². The number of nitrogens with one attached hydrogen (secondary N) is 1. The van der Waals surface area contributed by atoms with Crippen LogP contribution in [0.4, 0.5) is 0 Å². The second kappa shape index (κ2) is 5.87. The summed E-state index contributed by atoms with van der Waals surface area (Å²) in [6, 6.07) is 8.49. The molecule has 0 spiro atoms. The number of hydrogen-bond donors (Lipinski definition) is 2. The Labute approximate surface area is 122 Å². The molecule has 0 aliphatic heterocycles. The molecule has 1 fully saturated rings. The Morgan fingerprint density at radius 2 is 1.85 bits per heavy atom. The number of hydrogen-bond acceptors (Lipinski definition) is 2. The molecule has 0 heterocycles. The van der Waals surface area contributed by atoms with Crippen LogP contribution in [0.2, 0.25) is 0 Å². The van der Waals surface area contributed by atoms with E-state index < -0.39 is 5.60 Å². The average Bonchev–Trinajstić information content (AvgIpc) is 2.63. The summed E-state index contributed by atoms with van der Waals surface area (Å²) < 4.78 is 0. The lowest BCUT2D eigenvalue weighted by atomic mass is 9.94. The summed E-state index contributed by atoms with van der Waals surface area (Å²) in [5.41, 5.74) is 1.69. The molecule has 2 N–H and O–H groups in total. The molecule has 2 atom stereocenters. The molecule has 0 bridgehead atoms. The second-order valence-corrected chi connectivity index (χ2v) is 6.83. The Morgan fingerprint density at radius 1 is 1.15 bits per heavy atom. The Kier molecular flexibility index (Phi) is 4.13. The van der Waals surface area contributed by atoms with Crippen molar-refractivity contribution in [3.8, 4) is 0 Å². The Bertz CT molecular complexity index is 446. The van der Waals surface area contributed by atoms with E-state index in [1.807, 2.05) is 13.0 Å². The summed E-state index contributed by atoms with van der Waals surface area (Å²) in [5.74, 6) is 0.803. The number of aliphatic hydroxyl groups is 1. The van der Waals surface area contributed by atoms with Gasteiger partial charge in [-0.1, -0.05) is 49.9 Å². The fourth-order valence-corrected chi connectivity index (χ4v) is 3.95. The average molecular weight is 273 g/mol. The van der Waals surface area contributed by atoms with E-state index in [4.69, 9.17) is 0 Å². The lowest BCUT2D eigenvalue weighted by Gasteiger charge is -2.29. The zero-order chi connectivity index (χ0) is 14.0. The molecule has 1 saturated carbocycles. The van der Waals surface area contributed by atoms with Gasteiger partial charge >= 0.3 is 0 Å². The topological polar surface area (TPSA) is 32.3 Å². The zero-order valence-corrected chi connectivity index (χ0v) is 12.6. The van der Waals surface area contributed by atoms with Crippen LogP contribution in [-0.4, -0.2) is 17.7 Å². The normalized spacial score (nSPS) is 31.0. The van der Waals surface area contributed by atoms with Crippen LogP contribution < -0.4 is 5.32 Å². The van der Waals surface area contributed by atoms with Crippen molar-refractivity contribution >= 4 is 0 Å². The monoisotopic (exact) mass is 273 g/mol. The molecule has 0 saturated heterocycles.